The van der Waals surface area contributed by atoms with Crippen LogP contribution in [-0.2, 0) is 0 Å². The van der Waals surface area contributed by atoms with E-state index < -0.39 is 17.6 Å². The summed E-state index contributed by atoms with van der Waals surface area (Å²) in [7, 11) is 1.37. The van der Waals surface area contributed by atoms with Crippen LogP contribution in [0.5, 0.6) is 5.75 Å². The van der Waals surface area contributed by atoms with Gasteiger partial charge in [0.25, 0.3) is 0 Å². The maximum atomic E-state index is 13.8. The van der Waals surface area contributed by atoms with Crippen LogP contribution in [-0.4, -0.2) is 18.9 Å². The van der Waals surface area contributed by atoms with Crippen LogP contribution in [0.25, 0.3) is 0 Å². The van der Waals surface area contributed by atoms with Crippen molar-refractivity contribution in [3.8, 4) is 5.75 Å². The van der Waals surface area contributed by atoms with Crippen LogP contribution in [0.1, 0.15) is 22.8 Å². The van der Waals surface area contributed by atoms with Crippen LogP contribution in [0.3, 0.4) is 0 Å². The minimum Gasteiger partial charge on any atom is -0.496 e. The van der Waals surface area contributed by atoms with Crippen LogP contribution in [0.2, 0.25) is 5.02 Å². The molecule has 0 aliphatic carbocycles. The largest absolute Gasteiger partial charge is 0.496 e. The summed E-state index contributed by atoms with van der Waals surface area (Å²) in [6.07, 6.45) is 0. The van der Waals surface area contributed by atoms with Crippen molar-refractivity contribution in [2.45, 2.75) is 19.9 Å². The molecular weight excluding hydrogens is 233 g/mol. The molecule has 0 aliphatic rings. The lowest BCUT2D eigenvalue weighted by Gasteiger charge is -2.14. The van der Waals surface area contributed by atoms with E-state index in [2.05, 4.69) is 0 Å². The Bertz CT molecular complexity index is 432. The van der Waals surface area contributed by atoms with Crippen molar-refractivity contribution in [2.75, 3.05) is 7.11 Å². The van der Waals surface area contributed by atoms with E-state index in [1.54, 1.807) is 6.92 Å². The Kier molecular flexibility index (Phi) is 3.88. The molecule has 88 valence electrons. The van der Waals surface area contributed by atoms with Gasteiger partial charge in [0.05, 0.1) is 23.7 Å². The number of ether oxygens (including phenoxy) is 1. The second-order valence-electron chi connectivity index (χ2n) is 3.55. The molecule has 16 heavy (non-hydrogen) atoms. The Balaban J connectivity index is 3.51. The quantitative estimate of drug-likeness (QED) is 0.832. The normalized spacial score (nSPS) is 12.4. The molecule has 2 N–H and O–H groups in total. The summed E-state index contributed by atoms with van der Waals surface area (Å²) in [6.45, 7) is 3.17. The molecule has 0 aliphatic heterocycles. The SMILES string of the molecule is COc1c(C)cc(Cl)c(F)c1C(=O)C(C)N. The molecule has 1 atom stereocenters. The van der Waals surface area contributed by atoms with E-state index in [0.29, 0.717) is 5.56 Å². The monoisotopic (exact) mass is 245 g/mol. The van der Waals surface area contributed by atoms with E-state index in [9.17, 15) is 9.18 Å². The molecule has 1 unspecified atom stereocenters. The molecule has 0 radical (unpaired) electrons. The zero-order valence-electron chi connectivity index (χ0n) is 9.30. The molecule has 0 aromatic heterocycles. The summed E-state index contributed by atoms with van der Waals surface area (Å²) < 4.78 is 18.8. The lowest BCUT2D eigenvalue weighted by Crippen LogP contribution is -2.28. The number of rotatable bonds is 3. The molecule has 0 amide bonds. The summed E-state index contributed by atoms with van der Waals surface area (Å²) >= 11 is 5.67. The van der Waals surface area contributed by atoms with Crippen molar-refractivity contribution in [3.05, 3.63) is 28.0 Å². The smallest absolute Gasteiger partial charge is 0.185 e. The van der Waals surface area contributed by atoms with Gasteiger partial charge in [-0.3, -0.25) is 4.79 Å². The van der Waals surface area contributed by atoms with Crippen LogP contribution in [0.4, 0.5) is 4.39 Å². The van der Waals surface area contributed by atoms with E-state index in [1.165, 1.54) is 20.1 Å². The first-order valence-electron chi connectivity index (χ1n) is 4.72. The highest BCUT2D eigenvalue weighted by Crippen LogP contribution is 2.31. The molecule has 0 spiro atoms. The topological polar surface area (TPSA) is 52.3 Å². The van der Waals surface area contributed by atoms with Gasteiger partial charge in [-0.1, -0.05) is 11.6 Å². The van der Waals surface area contributed by atoms with E-state index in [4.69, 9.17) is 22.1 Å². The van der Waals surface area contributed by atoms with Gasteiger partial charge < -0.3 is 10.5 Å². The van der Waals surface area contributed by atoms with E-state index in [1.807, 2.05) is 0 Å². The molecule has 0 bridgehead atoms. The molecule has 0 saturated heterocycles. The third-order valence-electron chi connectivity index (χ3n) is 2.22. The minimum atomic E-state index is -0.804. The van der Waals surface area contributed by atoms with Crippen LogP contribution in [0.15, 0.2) is 6.07 Å². The standard InChI is InChI=1S/C11H13ClFNO2/c1-5-4-7(12)9(13)8(11(5)16-3)10(15)6(2)14/h4,6H,14H2,1-3H3. The molecule has 1 aromatic rings. The first kappa shape index (κ1) is 12.9. The van der Waals surface area contributed by atoms with Crippen molar-refractivity contribution in [1.82, 2.24) is 0 Å². The number of benzene rings is 1. The number of hydrogen-bond donors (Lipinski definition) is 1. The van der Waals surface area contributed by atoms with E-state index >= 15 is 0 Å². The lowest BCUT2D eigenvalue weighted by atomic mass is 10.0. The second-order valence-corrected chi connectivity index (χ2v) is 3.96. The zero-order chi connectivity index (χ0) is 12.5. The molecule has 0 fully saturated rings. The number of halogens is 2. The van der Waals surface area contributed by atoms with Gasteiger partial charge >= 0.3 is 0 Å². The highest BCUT2D eigenvalue weighted by molar-refractivity contribution is 6.31. The Morgan fingerprint density at radius 1 is 1.62 bits per heavy atom. The van der Waals surface area contributed by atoms with E-state index in [-0.39, 0.29) is 16.3 Å². The maximum absolute atomic E-state index is 13.8. The average molecular weight is 246 g/mol. The number of nitrogens with two attached hydrogens (primary N) is 1. The van der Waals surface area contributed by atoms with Gasteiger partial charge in [0, 0.05) is 0 Å². The highest BCUT2D eigenvalue weighted by Gasteiger charge is 2.24. The van der Waals surface area contributed by atoms with Gasteiger partial charge in [0.1, 0.15) is 5.75 Å². The molecule has 1 aromatic carbocycles. The molecular formula is C11H13ClFNO2. The van der Waals surface area contributed by atoms with Crippen molar-refractivity contribution in [1.29, 1.82) is 0 Å². The fourth-order valence-corrected chi connectivity index (χ4v) is 1.70. The minimum absolute atomic E-state index is 0.109. The van der Waals surface area contributed by atoms with Gasteiger partial charge in [0.2, 0.25) is 0 Å². The summed E-state index contributed by atoms with van der Waals surface area (Å²) in [5.74, 6) is -1.13. The van der Waals surface area contributed by atoms with Crippen molar-refractivity contribution >= 4 is 17.4 Å². The fourth-order valence-electron chi connectivity index (χ4n) is 1.45. The number of ketones is 1. The molecule has 1 rings (SSSR count). The van der Waals surface area contributed by atoms with Gasteiger partial charge in [0.15, 0.2) is 11.6 Å². The Morgan fingerprint density at radius 2 is 2.19 bits per heavy atom. The molecule has 3 nitrogen and oxygen atoms in total. The number of carbonyl (C=O) groups excluding carboxylic acids is 1. The summed E-state index contributed by atoms with van der Waals surface area (Å²) in [5, 5.41) is -0.109. The number of aryl methyl sites for hydroxylation is 1. The zero-order valence-corrected chi connectivity index (χ0v) is 10.1. The number of Topliss-reactive ketones (excluding diaryl/α,β-unsaturated/α-hetero) is 1. The Labute approximate surface area is 98.3 Å². The third kappa shape index (κ3) is 2.18. The van der Waals surface area contributed by atoms with Crippen LogP contribution >= 0.6 is 11.6 Å². The summed E-state index contributed by atoms with van der Waals surface area (Å²) in [6, 6.07) is 0.606. The third-order valence-corrected chi connectivity index (χ3v) is 2.50. The molecule has 5 heteroatoms. The van der Waals surface area contributed by atoms with Gasteiger partial charge in [-0.15, -0.1) is 0 Å². The maximum Gasteiger partial charge on any atom is 0.185 e. The Hall–Kier alpha value is -1.13. The number of carbonyl (C=O) groups is 1. The molecule has 0 heterocycles. The van der Waals surface area contributed by atoms with Gasteiger partial charge in [-0.2, -0.15) is 0 Å². The number of hydrogen-bond acceptors (Lipinski definition) is 3. The van der Waals surface area contributed by atoms with Crippen molar-refractivity contribution < 1.29 is 13.9 Å². The van der Waals surface area contributed by atoms with Crippen LogP contribution < -0.4 is 10.5 Å². The second kappa shape index (κ2) is 4.80. The fraction of sp³-hybridized carbons (Fsp3) is 0.364. The van der Waals surface area contributed by atoms with Crippen molar-refractivity contribution in [2.24, 2.45) is 5.73 Å². The first-order valence-corrected chi connectivity index (χ1v) is 5.10. The molecule has 0 saturated carbocycles. The average Bonchev–Trinajstić information content (AvgIpc) is 2.21. The number of methoxy groups -OCH3 is 1. The summed E-state index contributed by atoms with van der Waals surface area (Å²) in [4.78, 5) is 11.7. The first-order chi connectivity index (χ1) is 7.40. The predicted octanol–water partition coefficient (Wildman–Crippen LogP) is 2.33. The summed E-state index contributed by atoms with van der Waals surface area (Å²) in [5.41, 5.74) is 5.86. The van der Waals surface area contributed by atoms with Crippen LogP contribution in [0, 0.1) is 12.7 Å². The highest BCUT2D eigenvalue weighted by atomic mass is 35.5. The van der Waals surface area contributed by atoms with Crippen molar-refractivity contribution in [3.63, 3.8) is 0 Å². The lowest BCUT2D eigenvalue weighted by molar-refractivity contribution is 0.0960. The van der Waals surface area contributed by atoms with Gasteiger partial charge in [-0.05, 0) is 25.5 Å². The van der Waals surface area contributed by atoms with Gasteiger partial charge in [-0.25, -0.2) is 4.39 Å². The predicted molar refractivity (Wildman–Crippen MR) is 60.7 cm³/mol. The Morgan fingerprint density at radius 3 is 2.62 bits per heavy atom. The van der Waals surface area contributed by atoms with E-state index in [0.717, 1.165) is 0 Å².